The molecule has 1 N–H and O–H groups in total. The molecule has 0 heterocycles. The van der Waals surface area contributed by atoms with Crippen LogP contribution in [-0.4, -0.2) is 15.5 Å². The number of halogens is 2. The van der Waals surface area contributed by atoms with Crippen molar-refractivity contribution in [1.82, 2.24) is 0 Å². The van der Waals surface area contributed by atoms with Crippen LogP contribution >= 0.6 is 15.9 Å². The van der Waals surface area contributed by atoms with Gasteiger partial charge in [-0.3, -0.25) is 4.72 Å². The Labute approximate surface area is 131 Å². The quantitative estimate of drug-likeness (QED) is 0.871. The molecule has 112 valence electrons. The summed E-state index contributed by atoms with van der Waals surface area (Å²) in [4.78, 5) is 0. The van der Waals surface area contributed by atoms with Crippen molar-refractivity contribution < 1.29 is 17.5 Å². The first-order valence-corrected chi connectivity index (χ1v) is 8.42. The molecule has 2 rings (SSSR count). The zero-order valence-corrected chi connectivity index (χ0v) is 13.5. The molecule has 0 saturated heterocycles. The first-order chi connectivity index (χ1) is 9.89. The standard InChI is InChI=1S/C14H13BrFNO3S/c1-20-14-7-6-12(16)8-13(14)17-21(18,19)9-10-2-4-11(15)5-3-10/h2-8,17H,9H2,1H3. The number of hydrogen-bond donors (Lipinski definition) is 1. The van der Waals surface area contributed by atoms with Gasteiger partial charge >= 0.3 is 0 Å². The molecular weight excluding hydrogens is 361 g/mol. The highest BCUT2D eigenvalue weighted by atomic mass is 79.9. The van der Waals surface area contributed by atoms with Gasteiger partial charge in [-0.05, 0) is 29.8 Å². The van der Waals surface area contributed by atoms with Crippen molar-refractivity contribution in [3.8, 4) is 5.75 Å². The fraction of sp³-hybridized carbons (Fsp3) is 0.143. The fourth-order valence-corrected chi connectivity index (χ4v) is 3.23. The fourth-order valence-electron chi connectivity index (χ4n) is 1.76. The summed E-state index contributed by atoms with van der Waals surface area (Å²) < 4.78 is 45.7. The van der Waals surface area contributed by atoms with E-state index in [0.717, 1.165) is 10.5 Å². The molecule has 0 aliphatic heterocycles. The minimum Gasteiger partial charge on any atom is -0.495 e. The van der Waals surface area contributed by atoms with Gasteiger partial charge in [-0.1, -0.05) is 28.1 Å². The first-order valence-electron chi connectivity index (χ1n) is 5.98. The molecule has 0 radical (unpaired) electrons. The lowest BCUT2D eigenvalue weighted by atomic mass is 10.2. The lowest BCUT2D eigenvalue weighted by molar-refractivity contribution is 0.416. The van der Waals surface area contributed by atoms with Gasteiger partial charge in [0.1, 0.15) is 11.6 Å². The normalized spacial score (nSPS) is 11.2. The van der Waals surface area contributed by atoms with E-state index in [1.165, 1.54) is 19.2 Å². The van der Waals surface area contributed by atoms with E-state index in [4.69, 9.17) is 4.74 Å². The van der Waals surface area contributed by atoms with Gasteiger partial charge in [0.05, 0.1) is 18.6 Å². The number of methoxy groups -OCH3 is 1. The summed E-state index contributed by atoms with van der Waals surface area (Å²) in [5.41, 5.74) is 0.704. The van der Waals surface area contributed by atoms with Crippen molar-refractivity contribution in [2.75, 3.05) is 11.8 Å². The van der Waals surface area contributed by atoms with E-state index >= 15 is 0 Å². The number of benzene rings is 2. The van der Waals surface area contributed by atoms with Gasteiger partial charge in [0.2, 0.25) is 10.0 Å². The first kappa shape index (κ1) is 15.8. The van der Waals surface area contributed by atoms with Crippen molar-refractivity contribution in [2.24, 2.45) is 0 Å². The Bertz CT molecular complexity index is 732. The molecule has 4 nitrogen and oxygen atoms in total. The molecule has 0 saturated carbocycles. The highest BCUT2D eigenvalue weighted by Gasteiger charge is 2.15. The van der Waals surface area contributed by atoms with Crippen LogP contribution in [0.3, 0.4) is 0 Å². The van der Waals surface area contributed by atoms with Crippen molar-refractivity contribution in [1.29, 1.82) is 0 Å². The number of hydrogen-bond acceptors (Lipinski definition) is 3. The van der Waals surface area contributed by atoms with E-state index in [-0.39, 0.29) is 17.2 Å². The molecule has 0 bridgehead atoms. The molecule has 0 aliphatic rings. The molecular formula is C14H13BrFNO3S. The minimum atomic E-state index is -3.66. The predicted molar refractivity (Wildman–Crippen MR) is 83.3 cm³/mol. The lowest BCUT2D eigenvalue weighted by Gasteiger charge is -2.12. The number of anilines is 1. The van der Waals surface area contributed by atoms with Crippen LogP contribution < -0.4 is 9.46 Å². The van der Waals surface area contributed by atoms with Crippen LogP contribution in [0, 0.1) is 5.82 Å². The second kappa shape index (κ2) is 6.44. The van der Waals surface area contributed by atoms with Gasteiger partial charge in [-0.15, -0.1) is 0 Å². The lowest BCUT2D eigenvalue weighted by Crippen LogP contribution is -2.15. The topological polar surface area (TPSA) is 55.4 Å². The maximum atomic E-state index is 13.2. The molecule has 0 amide bonds. The Morgan fingerprint density at radius 1 is 1.19 bits per heavy atom. The van der Waals surface area contributed by atoms with E-state index in [9.17, 15) is 12.8 Å². The molecule has 0 spiro atoms. The zero-order valence-electron chi connectivity index (χ0n) is 11.1. The summed E-state index contributed by atoms with van der Waals surface area (Å²) in [5.74, 6) is -0.493. The molecule has 0 aromatic heterocycles. The van der Waals surface area contributed by atoms with Gasteiger partial charge in [-0.25, -0.2) is 12.8 Å². The largest absolute Gasteiger partial charge is 0.495 e. The number of rotatable bonds is 5. The second-order valence-electron chi connectivity index (χ2n) is 4.33. The zero-order chi connectivity index (χ0) is 15.5. The smallest absolute Gasteiger partial charge is 0.237 e. The van der Waals surface area contributed by atoms with Crippen molar-refractivity contribution >= 4 is 31.6 Å². The molecule has 2 aromatic rings. The van der Waals surface area contributed by atoms with Gasteiger partial charge in [-0.2, -0.15) is 0 Å². The van der Waals surface area contributed by atoms with E-state index in [1.807, 2.05) is 0 Å². The summed E-state index contributed by atoms with van der Waals surface area (Å²) in [6.07, 6.45) is 0. The Hall–Kier alpha value is -1.60. The Morgan fingerprint density at radius 2 is 1.86 bits per heavy atom. The van der Waals surface area contributed by atoms with Crippen LogP contribution in [-0.2, 0) is 15.8 Å². The molecule has 2 aromatic carbocycles. The highest BCUT2D eigenvalue weighted by molar-refractivity contribution is 9.10. The third-order valence-corrected chi connectivity index (χ3v) is 4.47. The van der Waals surface area contributed by atoms with Crippen molar-refractivity contribution in [3.05, 3.63) is 58.3 Å². The summed E-state index contributed by atoms with van der Waals surface area (Å²) >= 11 is 3.28. The van der Waals surface area contributed by atoms with E-state index in [1.54, 1.807) is 24.3 Å². The second-order valence-corrected chi connectivity index (χ2v) is 6.97. The Balaban J connectivity index is 2.21. The van der Waals surface area contributed by atoms with Crippen molar-refractivity contribution in [2.45, 2.75) is 5.75 Å². The third-order valence-electron chi connectivity index (χ3n) is 2.70. The van der Waals surface area contributed by atoms with E-state index < -0.39 is 15.8 Å². The third kappa shape index (κ3) is 4.44. The molecule has 0 fully saturated rings. The van der Waals surface area contributed by atoms with Gasteiger partial charge in [0.25, 0.3) is 0 Å². The van der Waals surface area contributed by atoms with Crippen LogP contribution in [0.2, 0.25) is 0 Å². The number of sulfonamides is 1. The van der Waals surface area contributed by atoms with Crippen molar-refractivity contribution in [3.63, 3.8) is 0 Å². The Morgan fingerprint density at radius 3 is 2.48 bits per heavy atom. The van der Waals surface area contributed by atoms with Gasteiger partial charge in [0.15, 0.2) is 0 Å². The molecule has 21 heavy (non-hydrogen) atoms. The molecule has 0 unspecified atom stereocenters. The summed E-state index contributed by atoms with van der Waals surface area (Å²) in [7, 11) is -2.27. The predicted octanol–water partition coefficient (Wildman–Crippen LogP) is 3.54. The maximum absolute atomic E-state index is 13.2. The molecule has 0 atom stereocenters. The molecule has 0 aliphatic carbocycles. The average Bonchev–Trinajstić information content (AvgIpc) is 2.41. The maximum Gasteiger partial charge on any atom is 0.237 e. The SMILES string of the molecule is COc1ccc(F)cc1NS(=O)(=O)Cc1ccc(Br)cc1. The number of ether oxygens (including phenoxy) is 1. The highest BCUT2D eigenvalue weighted by Crippen LogP contribution is 2.26. The summed E-state index contributed by atoms with van der Waals surface area (Å²) in [5, 5.41) is 0. The van der Waals surface area contributed by atoms with E-state index in [2.05, 4.69) is 20.7 Å². The minimum absolute atomic E-state index is 0.0783. The average molecular weight is 374 g/mol. The van der Waals surface area contributed by atoms with E-state index in [0.29, 0.717) is 5.56 Å². The Kier molecular flexibility index (Phi) is 4.84. The van der Waals surface area contributed by atoms with Crippen LogP contribution in [0.1, 0.15) is 5.56 Å². The van der Waals surface area contributed by atoms with Crippen LogP contribution in [0.15, 0.2) is 46.9 Å². The van der Waals surface area contributed by atoms with Crippen LogP contribution in [0.4, 0.5) is 10.1 Å². The number of nitrogens with one attached hydrogen (secondary N) is 1. The van der Waals surface area contributed by atoms with Crippen LogP contribution in [0.25, 0.3) is 0 Å². The van der Waals surface area contributed by atoms with Crippen LogP contribution in [0.5, 0.6) is 5.75 Å². The summed E-state index contributed by atoms with van der Waals surface area (Å²) in [6, 6.07) is 10.6. The summed E-state index contributed by atoms with van der Waals surface area (Å²) in [6.45, 7) is 0. The molecule has 7 heteroatoms. The van der Waals surface area contributed by atoms with Gasteiger partial charge < -0.3 is 4.74 Å². The van der Waals surface area contributed by atoms with Gasteiger partial charge in [0, 0.05) is 10.5 Å². The monoisotopic (exact) mass is 373 g/mol.